The lowest BCUT2D eigenvalue weighted by Crippen LogP contribution is -2.58. The number of halogens is 5. The molecule has 6 nitrogen and oxygen atoms in total. The number of nitrogens with zero attached hydrogens (tertiary/aromatic N) is 3. The molecule has 0 radical (unpaired) electrons. The van der Waals surface area contributed by atoms with Crippen LogP contribution in [0.15, 0.2) is 24.5 Å². The van der Waals surface area contributed by atoms with Crippen molar-refractivity contribution in [1.29, 1.82) is 0 Å². The number of anilines is 1. The van der Waals surface area contributed by atoms with E-state index >= 15 is 0 Å². The Kier molecular flexibility index (Phi) is 5.92. The smallest absolute Gasteiger partial charge is 0.475 e. The number of carbonyl (C=O) groups excluding carboxylic acids is 1. The number of carboxylic acids is 1. The zero-order valence-corrected chi connectivity index (χ0v) is 16.0. The Labute approximate surface area is 169 Å². The minimum Gasteiger partial charge on any atom is -0.475 e. The summed E-state index contributed by atoms with van der Waals surface area (Å²) in [5.74, 6) is -5.30. The van der Waals surface area contributed by atoms with Crippen LogP contribution in [0.4, 0.5) is 27.6 Å². The lowest BCUT2D eigenvalue weighted by atomic mass is 9.75. The first-order valence-corrected chi connectivity index (χ1v) is 9.57. The van der Waals surface area contributed by atoms with Crippen LogP contribution in [0.2, 0.25) is 0 Å². The van der Waals surface area contributed by atoms with Crippen molar-refractivity contribution in [3.63, 3.8) is 0 Å². The van der Waals surface area contributed by atoms with E-state index < -0.39 is 23.5 Å². The average Bonchev–Trinajstić information content (AvgIpc) is 3.44. The molecular weight excluding hydrogens is 413 g/mol. The number of rotatable bonds is 2. The largest absolute Gasteiger partial charge is 0.490 e. The summed E-state index contributed by atoms with van der Waals surface area (Å²) >= 11 is 0. The standard InChI is InChI=1S/C17H21F2N3O.C2HF3O2/c18-17(19)6-9-22(15(23)13-3-4-13)12-16(17)5-8-21(11-16)14-2-1-7-20-10-14;3-2(4,5)1(6)7/h1-2,7,10,13H,3-6,8-9,11-12H2;(H,6,7). The second kappa shape index (κ2) is 7.99. The van der Waals surface area contributed by atoms with Gasteiger partial charge in [-0.3, -0.25) is 9.78 Å². The van der Waals surface area contributed by atoms with Gasteiger partial charge < -0.3 is 14.9 Å². The van der Waals surface area contributed by atoms with Crippen LogP contribution in [0.5, 0.6) is 0 Å². The van der Waals surface area contributed by atoms with Crippen LogP contribution in [0.3, 0.4) is 0 Å². The maximum Gasteiger partial charge on any atom is 0.490 e. The van der Waals surface area contributed by atoms with Crippen molar-refractivity contribution in [2.24, 2.45) is 11.3 Å². The van der Waals surface area contributed by atoms with E-state index in [0.717, 1.165) is 18.5 Å². The number of hydrogen-bond donors (Lipinski definition) is 1. The molecule has 30 heavy (non-hydrogen) atoms. The number of carboxylic acid groups (broad SMARTS) is 1. The second-order valence-corrected chi connectivity index (χ2v) is 7.95. The van der Waals surface area contributed by atoms with E-state index in [0.29, 0.717) is 19.5 Å². The third-order valence-corrected chi connectivity index (χ3v) is 5.81. The molecule has 3 heterocycles. The van der Waals surface area contributed by atoms with Crippen LogP contribution in [-0.4, -0.2) is 65.1 Å². The Morgan fingerprint density at radius 1 is 1.13 bits per heavy atom. The molecule has 1 aromatic rings. The number of aliphatic carboxylic acids is 1. The van der Waals surface area contributed by atoms with Crippen molar-refractivity contribution in [1.82, 2.24) is 9.88 Å². The van der Waals surface area contributed by atoms with Crippen molar-refractivity contribution in [3.05, 3.63) is 24.5 Å². The van der Waals surface area contributed by atoms with Gasteiger partial charge in [-0.05, 0) is 31.4 Å². The zero-order chi connectivity index (χ0) is 22.2. The first-order chi connectivity index (χ1) is 14.0. The molecule has 4 rings (SSSR count). The first kappa shape index (κ1) is 22.2. The van der Waals surface area contributed by atoms with E-state index in [1.165, 1.54) is 0 Å². The summed E-state index contributed by atoms with van der Waals surface area (Å²) in [4.78, 5) is 29.0. The molecule has 11 heteroatoms. The van der Waals surface area contributed by atoms with Crippen LogP contribution >= 0.6 is 0 Å². The lowest BCUT2D eigenvalue weighted by Gasteiger charge is -2.46. The molecule has 1 saturated carbocycles. The number of aromatic nitrogens is 1. The Hall–Kier alpha value is -2.46. The van der Waals surface area contributed by atoms with Crippen LogP contribution in [0.1, 0.15) is 25.7 Å². The number of hydrogen-bond acceptors (Lipinski definition) is 4. The molecule has 1 aliphatic carbocycles. The van der Waals surface area contributed by atoms with Gasteiger partial charge in [0.1, 0.15) is 0 Å². The van der Waals surface area contributed by atoms with Gasteiger partial charge in [0.2, 0.25) is 5.91 Å². The van der Waals surface area contributed by atoms with Crippen molar-refractivity contribution in [2.45, 2.75) is 37.8 Å². The van der Waals surface area contributed by atoms with Crippen LogP contribution in [0, 0.1) is 11.3 Å². The molecule has 1 aromatic heterocycles. The van der Waals surface area contributed by atoms with E-state index in [-0.39, 0.29) is 31.3 Å². The quantitative estimate of drug-likeness (QED) is 0.723. The highest BCUT2D eigenvalue weighted by Crippen LogP contribution is 2.50. The van der Waals surface area contributed by atoms with Crippen LogP contribution in [-0.2, 0) is 9.59 Å². The molecule has 166 valence electrons. The Bertz CT molecular complexity index is 785. The molecule has 0 aromatic carbocycles. The first-order valence-electron chi connectivity index (χ1n) is 9.57. The minimum absolute atomic E-state index is 0.0831. The maximum absolute atomic E-state index is 14.7. The highest BCUT2D eigenvalue weighted by molar-refractivity contribution is 5.81. The van der Waals surface area contributed by atoms with E-state index in [2.05, 4.69) is 4.98 Å². The molecular formula is C19H22F5N3O3. The SMILES string of the molecule is O=C(C1CC1)N1CCC(F)(F)C2(CCN(c3cccnc3)C2)C1.O=C(O)C(F)(F)F. The van der Waals surface area contributed by atoms with E-state index in [4.69, 9.17) is 9.90 Å². The zero-order valence-electron chi connectivity index (χ0n) is 16.0. The number of amides is 1. The van der Waals surface area contributed by atoms with Gasteiger partial charge in [-0.2, -0.15) is 13.2 Å². The topological polar surface area (TPSA) is 73.7 Å². The molecule has 1 N–H and O–H groups in total. The third kappa shape index (κ3) is 4.65. The maximum atomic E-state index is 14.7. The summed E-state index contributed by atoms with van der Waals surface area (Å²) in [6, 6.07) is 3.72. The summed E-state index contributed by atoms with van der Waals surface area (Å²) in [5, 5.41) is 7.12. The third-order valence-electron chi connectivity index (χ3n) is 5.81. The van der Waals surface area contributed by atoms with Gasteiger partial charge in [-0.1, -0.05) is 0 Å². The molecule has 2 saturated heterocycles. The predicted molar refractivity (Wildman–Crippen MR) is 96.1 cm³/mol. The average molecular weight is 435 g/mol. The molecule has 2 aliphatic heterocycles. The fourth-order valence-corrected chi connectivity index (χ4v) is 3.94. The van der Waals surface area contributed by atoms with Gasteiger partial charge in [0, 0.05) is 44.7 Å². The van der Waals surface area contributed by atoms with Crippen molar-refractivity contribution in [3.8, 4) is 0 Å². The highest BCUT2D eigenvalue weighted by atomic mass is 19.4. The number of piperidine rings is 1. The van der Waals surface area contributed by atoms with E-state index in [1.807, 2.05) is 17.0 Å². The van der Waals surface area contributed by atoms with Gasteiger partial charge >= 0.3 is 12.1 Å². The minimum atomic E-state index is -5.08. The van der Waals surface area contributed by atoms with Gasteiger partial charge in [-0.25, -0.2) is 13.6 Å². The van der Waals surface area contributed by atoms with Gasteiger partial charge in [0.05, 0.1) is 17.3 Å². The number of alkyl halides is 5. The second-order valence-electron chi connectivity index (χ2n) is 7.95. The monoisotopic (exact) mass is 435 g/mol. The van der Waals surface area contributed by atoms with Crippen molar-refractivity contribution < 1.29 is 36.6 Å². The van der Waals surface area contributed by atoms with Crippen molar-refractivity contribution >= 4 is 17.6 Å². The Balaban J connectivity index is 0.000000318. The summed E-state index contributed by atoms with van der Waals surface area (Å²) in [7, 11) is 0. The Morgan fingerprint density at radius 2 is 1.80 bits per heavy atom. The summed E-state index contributed by atoms with van der Waals surface area (Å²) in [5.41, 5.74) is -0.239. The van der Waals surface area contributed by atoms with Gasteiger partial charge in [-0.15, -0.1) is 0 Å². The molecule has 1 atom stereocenters. The number of pyridine rings is 1. The van der Waals surface area contributed by atoms with Gasteiger partial charge in [0.15, 0.2) is 0 Å². The normalized spacial score (nSPS) is 25.6. The molecule has 1 amide bonds. The molecule has 3 fully saturated rings. The van der Waals surface area contributed by atoms with Crippen LogP contribution < -0.4 is 4.90 Å². The molecule has 1 spiro atoms. The van der Waals surface area contributed by atoms with E-state index in [9.17, 15) is 26.7 Å². The Morgan fingerprint density at radius 3 is 2.33 bits per heavy atom. The fraction of sp³-hybridized carbons (Fsp3) is 0.632. The molecule has 3 aliphatic rings. The lowest BCUT2D eigenvalue weighted by molar-refractivity contribution is -0.192. The summed E-state index contributed by atoms with van der Waals surface area (Å²) in [6.45, 7) is 1.26. The van der Waals surface area contributed by atoms with Crippen molar-refractivity contribution in [2.75, 3.05) is 31.1 Å². The number of likely N-dealkylation sites (tertiary alicyclic amines) is 1. The predicted octanol–water partition coefficient (Wildman–Crippen LogP) is 3.19. The fourth-order valence-electron chi connectivity index (χ4n) is 3.94. The highest BCUT2D eigenvalue weighted by Gasteiger charge is 2.60. The number of carbonyl (C=O) groups is 2. The van der Waals surface area contributed by atoms with Crippen LogP contribution in [0.25, 0.3) is 0 Å². The summed E-state index contributed by atoms with van der Waals surface area (Å²) in [6.07, 6.45) is 0.352. The molecule has 1 unspecified atom stereocenters. The van der Waals surface area contributed by atoms with Gasteiger partial charge in [0.25, 0.3) is 5.92 Å². The molecule has 0 bridgehead atoms. The van der Waals surface area contributed by atoms with E-state index in [1.54, 1.807) is 17.3 Å². The summed E-state index contributed by atoms with van der Waals surface area (Å²) < 4.78 is 61.2.